The van der Waals surface area contributed by atoms with E-state index in [-0.39, 0.29) is 28.7 Å². The van der Waals surface area contributed by atoms with Crippen molar-refractivity contribution in [2.75, 3.05) is 5.84 Å². The Morgan fingerprint density at radius 1 is 0.960 bits per heavy atom. The number of benzene rings is 1. The van der Waals surface area contributed by atoms with Gasteiger partial charge < -0.3 is 10.4 Å². The normalized spacial score (nSPS) is 11.2. The molecular weight excluding hydrogens is 323 g/mol. The molecule has 0 atom stereocenters. The fraction of sp³-hybridized carbons (Fsp3) is 0.0556. The van der Waals surface area contributed by atoms with E-state index in [9.17, 15) is 14.0 Å². The maximum absolute atomic E-state index is 13.8. The van der Waals surface area contributed by atoms with Gasteiger partial charge in [0, 0.05) is 18.0 Å². The van der Waals surface area contributed by atoms with E-state index in [1.165, 1.54) is 22.9 Å². The number of hydrogen-bond donors (Lipinski definition) is 1. The lowest BCUT2D eigenvalue weighted by Gasteiger charge is -2.09. The predicted molar refractivity (Wildman–Crippen MR) is 93.4 cm³/mol. The molecule has 2 N–H and O–H groups in total. The lowest BCUT2D eigenvalue weighted by atomic mass is 10.1. The van der Waals surface area contributed by atoms with Gasteiger partial charge in [-0.05, 0) is 24.3 Å². The smallest absolute Gasteiger partial charge is 0.278 e. The molecule has 0 aliphatic rings. The van der Waals surface area contributed by atoms with Crippen molar-refractivity contribution in [3.8, 4) is 0 Å². The molecule has 0 amide bonds. The van der Waals surface area contributed by atoms with Crippen LogP contribution in [0, 0.1) is 5.82 Å². The highest BCUT2D eigenvalue weighted by Crippen LogP contribution is 2.15. The zero-order valence-electron chi connectivity index (χ0n) is 13.0. The zero-order chi connectivity index (χ0) is 17.6. The Balaban J connectivity index is 1.94. The van der Waals surface area contributed by atoms with E-state index in [0.717, 1.165) is 4.68 Å². The Morgan fingerprint density at radius 3 is 2.40 bits per heavy atom. The molecule has 0 saturated carbocycles. The zero-order valence-corrected chi connectivity index (χ0v) is 13.0. The van der Waals surface area contributed by atoms with Gasteiger partial charge >= 0.3 is 0 Å². The van der Waals surface area contributed by atoms with Crippen LogP contribution in [0.3, 0.4) is 0 Å². The second kappa shape index (κ2) is 5.55. The summed E-state index contributed by atoms with van der Waals surface area (Å²) >= 11 is 0. The standard InChI is InChI=1S/C18H13FN4O2/c19-14-4-2-1-3-11(14)10-22-7-5-15-12(17(22)24)9-13-16(21-15)6-8-23(20)18(13)25/h1-9H,10,20H2. The minimum absolute atomic E-state index is 0.0927. The summed E-state index contributed by atoms with van der Waals surface area (Å²) in [6, 6.07) is 11.0. The van der Waals surface area contributed by atoms with E-state index in [0.29, 0.717) is 16.6 Å². The third-order valence-corrected chi connectivity index (χ3v) is 4.14. The van der Waals surface area contributed by atoms with Crippen LogP contribution in [0.15, 0.2) is 64.4 Å². The van der Waals surface area contributed by atoms with Crippen LogP contribution in [0.25, 0.3) is 21.8 Å². The first-order valence-electron chi connectivity index (χ1n) is 7.58. The van der Waals surface area contributed by atoms with Crippen LogP contribution in [0.1, 0.15) is 5.56 Å². The average Bonchev–Trinajstić information content (AvgIpc) is 2.62. The van der Waals surface area contributed by atoms with Crippen molar-refractivity contribution >= 4 is 21.8 Å². The highest BCUT2D eigenvalue weighted by molar-refractivity contribution is 5.91. The van der Waals surface area contributed by atoms with Crippen molar-refractivity contribution in [1.82, 2.24) is 14.2 Å². The second-order valence-electron chi connectivity index (χ2n) is 5.72. The molecule has 0 bridgehead atoms. The number of rotatable bonds is 2. The lowest BCUT2D eigenvalue weighted by molar-refractivity contribution is 0.597. The van der Waals surface area contributed by atoms with Gasteiger partial charge in [-0.2, -0.15) is 0 Å². The average molecular weight is 336 g/mol. The Bertz CT molecular complexity index is 1240. The number of nitrogen functional groups attached to an aromatic ring is 1. The van der Waals surface area contributed by atoms with E-state index in [1.54, 1.807) is 36.5 Å². The molecule has 1 aromatic carbocycles. The molecule has 0 spiro atoms. The number of nitrogens with two attached hydrogens (primary N) is 1. The fourth-order valence-corrected chi connectivity index (χ4v) is 2.81. The summed E-state index contributed by atoms with van der Waals surface area (Å²) in [7, 11) is 0. The first kappa shape index (κ1) is 15.1. The lowest BCUT2D eigenvalue weighted by Crippen LogP contribution is -2.27. The van der Waals surface area contributed by atoms with Gasteiger partial charge in [-0.3, -0.25) is 9.59 Å². The Kier molecular flexibility index (Phi) is 3.35. The summed E-state index contributed by atoms with van der Waals surface area (Å²) in [6.45, 7) is 0.0927. The maximum atomic E-state index is 13.8. The highest BCUT2D eigenvalue weighted by Gasteiger charge is 2.10. The number of aromatic nitrogens is 3. The second-order valence-corrected chi connectivity index (χ2v) is 5.72. The fourth-order valence-electron chi connectivity index (χ4n) is 2.81. The van der Waals surface area contributed by atoms with Gasteiger partial charge in [0.25, 0.3) is 11.1 Å². The van der Waals surface area contributed by atoms with E-state index < -0.39 is 5.56 Å². The largest absolute Gasteiger partial charge is 0.336 e. The molecule has 25 heavy (non-hydrogen) atoms. The number of hydrogen-bond acceptors (Lipinski definition) is 4. The molecule has 0 aliphatic heterocycles. The molecule has 0 aliphatic carbocycles. The molecule has 0 unspecified atom stereocenters. The van der Waals surface area contributed by atoms with Crippen molar-refractivity contribution in [2.45, 2.75) is 6.54 Å². The van der Waals surface area contributed by atoms with Crippen molar-refractivity contribution < 1.29 is 4.39 Å². The van der Waals surface area contributed by atoms with E-state index >= 15 is 0 Å². The summed E-state index contributed by atoms with van der Waals surface area (Å²) in [5, 5.41) is 0.549. The van der Waals surface area contributed by atoms with Gasteiger partial charge in [0.1, 0.15) is 5.82 Å². The summed E-state index contributed by atoms with van der Waals surface area (Å²) in [5.74, 6) is 5.19. The van der Waals surface area contributed by atoms with E-state index in [2.05, 4.69) is 4.98 Å². The molecule has 3 aromatic heterocycles. The number of pyridine rings is 3. The third kappa shape index (κ3) is 2.46. The molecule has 6 nitrogen and oxygen atoms in total. The van der Waals surface area contributed by atoms with Crippen molar-refractivity contribution in [1.29, 1.82) is 0 Å². The van der Waals surface area contributed by atoms with E-state index in [4.69, 9.17) is 5.84 Å². The monoisotopic (exact) mass is 336 g/mol. The number of halogens is 1. The molecule has 0 radical (unpaired) electrons. The van der Waals surface area contributed by atoms with Gasteiger partial charge in [-0.15, -0.1) is 0 Å². The highest BCUT2D eigenvalue weighted by atomic mass is 19.1. The van der Waals surface area contributed by atoms with Crippen molar-refractivity contribution in [2.24, 2.45) is 0 Å². The predicted octanol–water partition coefficient (Wildman–Crippen LogP) is 1.61. The summed E-state index contributed by atoms with van der Waals surface area (Å²) in [4.78, 5) is 29.2. The van der Waals surface area contributed by atoms with E-state index in [1.807, 2.05) is 0 Å². The molecule has 7 heteroatoms. The minimum atomic E-state index is -0.434. The van der Waals surface area contributed by atoms with Gasteiger partial charge in [0.2, 0.25) is 0 Å². The van der Waals surface area contributed by atoms with Crippen molar-refractivity contribution in [3.05, 3.63) is 86.9 Å². The number of nitrogens with zero attached hydrogens (tertiary/aromatic N) is 3. The SMILES string of the molecule is Nn1ccc2nc3ccn(Cc4ccccc4F)c(=O)c3cc2c1=O. The van der Waals surface area contributed by atoms with Gasteiger partial charge in [-0.25, -0.2) is 14.1 Å². The third-order valence-electron chi connectivity index (χ3n) is 4.14. The van der Waals surface area contributed by atoms with Crippen LogP contribution in [0.4, 0.5) is 4.39 Å². The Morgan fingerprint density at radius 2 is 1.64 bits per heavy atom. The van der Waals surface area contributed by atoms with Crippen LogP contribution >= 0.6 is 0 Å². The van der Waals surface area contributed by atoms with Crippen LogP contribution in [0.5, 0.6) is 0 Å². The Hall–Kier alpha value is -3.48. The summed E-state index contributed by atoms with van der Waals surface area (Å²) in [5.41, 5.74) is 0.557. The van der Waals surface area contributed by atoms with Gasteiger partial charge in [0.15, 0.2) is 0 Å². The van der Waals surface area contributed by atoms with Crippen molar-refractivity contribution in [3.63, 3.8) is 0 Å². The first-order chi connectivity index (χ1) is 12.0. The van der Waals surface area contributed by atoms with Gasteiger partial charge in [0.05, 0.1) is 28.4 Å². The van der Waals surface area contributed by atoms with Crippen LogP contribution < -0.4 is 17.0 Å². The topological polar surface area (TPSA) is 82.9 Å². The molecule has 124 valence electrons. The van der Waals surface area contributed by atoms with Crippen LogP contribution in [0.2, 0.25) is 0 Å². The van der Waals surface area contributed by atoms with Gasteiger partial charge in [-0.1, -0.05) is 18.2 Å². The van der Waals surface area contributed by atoms with Crippen LogP contribution in [-0.4, -0.2) is 14.2 Å². The minimum Gasteiger partial charge on any atom is -0.336 e. The molecule has 3 heterocycles. The molecular formula is C18H13FN4O2. The molecule has 4 aromatic rings. The van der Waals surface area contributed by atoms with Crippen LogP contribution in [-0.2, 0) is 6.54 Å². The molecule has 4 rings (SSSR count). The Labute approximate surface area is 140 Å². The first-order valence-corrected chi connectivity index (χ1v) is 7.58. The molecule has 0 saturated heterocycles. The molecule has 0 fully saturated rings. The quantitative estimate of drug-likeness (QED) is 0.445. The summed E-state index contributed by atoms with van der Waals surface area (Å²) in [6.07, 6.45) is 2.99. The number of fused-ring (bicyclic) bond motifs is 2. The summed E-state index contributed by atoms with van der Waals surface area (Å²) < 4.78 is 16.2. The maximum Gasteiger partial charge on any atom is 0.278 e.